The minimum Gasteiger partial charge on any atom is -0.382 e. The number of nitrogen functional groups attached to an aromatic ring is 2. The van der Waals surface area contributed by atoms with Gasteiger partial charge in [-0.1, -0.05) is 17.7 Å². The van der Waals surface area contributed by atoms with Crippen molar-refractivity contribution in [1.82, 2.24) is 19.5 Å². The van der Waals surface area contributed by atoms with E-state index in [1.54, 1.807) is 23.1 Å². The third kappa shape index (κ3) is 3.28. The smallest absolute Gasteiger partial charge is 0.267 e. The van der Waals surface area contributed by atoms with Crippen molar-refractivity contribution in [2.45, 2.75) is 0 Å². The highest BCUT2D eigenvalue weighted by Crippen LogP contribution is 2.35. The second kappa shape index (κ2) is 7.79. The van der Waals surface area contributed by atoms with E-state index < -0.39 is 17.2 Å². The molecule has 168 valence electrons. The molecule has 0 fully saturated rings. The van der Waals surface area contributed by atoms with E-state index in [2.05, 4.69) is 15.0 Å². The number of aromatic nitrogens is 4. The van der Waals surface area contributed by atoms with E-state index in [1.165, 1.54) is 6.07 Å². The van der Waals surface area contributed by atoms with Crippen LogP contribution in [0.15, 0.2) is 47.3 Å². The number of hydrogen-bond acceptors (Lipinski definition) is 8. The van der Waals surface area contributed by atoms with Crippen LogP contribution in [0.4, 0.5) is 26.4 Å². The van der Waals surface area contributed by atoms with Crippen LogP contribution in [-0.4, -0.2) is 26.1 Å². The fourth-order valence-electron chi connectivity index (χ4n) is 3.74. The maximum Gasteiger partial charge on any atom is 0.267 e. The first-order valence-electron chi connectivity index (χ1n) is 9.77. The lowest BCUT2D eigenvalue weighted by Gasteiger charge is -2.34. The van der Waals surface area contributed by atoms with Crippen LogP contribution in [0.3, 0.4) is 0 Å². The van der Waals surface area contributed by atoms with Gasteiger partial charge < -0.3 is 16.4 Å². The number of fused-ring (bicyclic) bond motifs is 1. The fraction of sp³-hybridized carbons (Fsp3) is 0.0455. The van der Waals surface area contributed by atoms with Crippen LogP contribution in [0.25, 0.3) is 22.3 Å². The Balaban J connectivity index is 1.80. The topological polar surface area (TPSA) is 140 Å². The summed E-state index contributed by atoms with van der Waals surface area (Å²) < 4.78 is 29.2. The molecule has 2 aromatic carbocycles. The van der Waals surface area contributed by atoms with Crippen molar-refractivity contribution in [2.75, 3.05) is 22.9 Å². The summed E-state index contributed by atoms with van der Waals surface area (Å²) in [4.78, 5) is 27.6. The number of benzene rings is 2. The van der Waals surface area contributed by atoms with Crippen LogP contribution in [0, 0.1) is 23.0 Å². The summed E-state index contributed by atoms with van der Waals surface area (Å²) in [6, 6.07) is 9.37. The number of hydrogen-bond donors (Lipinski definition) is 2. The summed E-state index contributed by atoms with van der Waals surface area (Å²) in [5.41, 5.74) is 11.4. The highest BCUT2D eigenvalue weighted by Gasteiger charge is 2.30. The Bertz CT molecular complexity index is 1620. The van der Waals surface area contributed by atoms with Gasteiger partial charge in [-0.15, -0.1) is 0 Å². The average Bonchev–Trinajstić information content (AvgIpc) is 2.72. The molecule has 0 bridgehead atoms. The Kier molecular flexibility index (Phi) is 4.88. The highest BCUT2D eigenvalue weighted by molar-refractivity contribution is 6.35. The molecule has 9 nitrogen and oxygen atoms in total. The number of anilines is 3. The Morgan fingerprint density at radius 1 is 1.09 bits per heavy atom. The molecule has 0 spiro atoms. The third-order valence-corrected chi connectivity index (χ3v) is 5.56. The van der Waals surface area contributed by atoms with Gasteiger partial charge in [0, 0.05) is 12.6 Å². The summed E-state index contributed by atoms with van der Waals surface area (Å²) in [6.45, 7) is 0.279. The maximum atomic E-state index is 14.1. The second-order valence-electron chi connectivity index (χ2n) is 7.32. The minimum atomic E-state index is -0.880. The van der Waals surface area contributed by atoms with Gasteiger partial charge in [0.25, 0.3) is 5.56 Å². The summed E-state index contributed by atoms with van der Waals surface area (Å²) >= 11 is 6.26. The maximum absolute atomic E-state index is 14.1. The van der Waals surface area contributed by atoms with Crippen molar-refractivity contribution < 1.29 is 8.78 Å². The predicted octanol–water partition coefficient (Wildman–Crippen LogP) is 3.00. The summed E-state index contributed by atoms with van der Waals surface area (Å²) in [7, 11) is 0. The van der Waals surface area contributed by atoms with Crippen LogP contribution in [0.5, 0.6) is 0 Å². The standard InChI is InChI=1S/C22H13ClF2N8O/c23-14-2-1-3-15-17(14)21(34)33(12-7-10(24)6-11(25)8-12)20(29-15)16-4-5-32(16)19-13(9-26)18(27)30-22(28)31-19/h1-4,6-8H,5H2,(H4,27,28,30,31). The van der Waals surface area contributed by atoms with Gasteiger partial charge in [-0.05, 0) is 30.3 Å². The van der Waals surface area contributed by atoms with Crippen molar-refractivity contribution >= 4 is 45.8 Å². The highest BCUT2D eigenvalue weighted by atomic mass is 35.5. The van der Waals surface area contributed by atoms with E-state index in [-0.39, 0.29) is 57.1 Å². The molecule has 0 aliphatic carbocycles. The number of nitriles is 1. The first-order valence-corrected chi connectivity index (χ1v) is 10.1. The molecular formula is C22H13ClF2N8O. The lowest BCUT2D eigenvalue weighted by atomic mass is 10.1. The Labute approximate surface area is 195 Å². The molecule has 4 aromatic rings. The van der Waals surface area contributed by atoms with Crippen LogP contribution in [-0.2, 0) is 0 Å². The van der Waals surface area contributed by atoms with Gasteiger partial charge in [0.1, 0.15) is 29.1 Å². The molecule has 2 aromatic heterocycles. The largest absolute Gasteiger partial charge is 0.382 e. The molecule has 0 amide bonds. The van der Waals surface area contributed by atoms with Crippen LogP contribution >= 0.6 is 11.6 Å². The Morgan fingerprint density at radius 2 is 1.82 bits per heavy atom. The van der Waals surface area contributed by atoms with E-state index in [0.717, 1.165) is 16.7 Å². The van der Waals surface area contributed by atoms with Crippen molar-refractivity contribution in [3.8, 4) is 11.8 Å². The number of halogens is 3. The normalized spacial score (nSPS) is 12.9. The molecule has 0 radical (unpaired) electrons. The van der Waals surface area contributed by atoms with Gasteiger partial charge in [-0.2, -0.15) is 15.2 Å². The Morgan fingerprint density at radius 3 is 2.47 bits per heavy atom. The second-order valence-corrected chi connectivity index (χ2v) is 7.72. The minimum absolute atomic E-state index is 0.0191. The molecule has 5 rings (SSSR count). The van der Waals surface area contributed by atoms with Gasteiger partial charge >= 0.3 is 0 Å². The zero-order valence-electron chi connectivity index (χ0n) is 17.1. The molecule has 0 saturated heterocycles. The van der Waals surface area contributed by atoms with E-state index >= 15 is 0 Å². The van der Waals surface area contributed by atoms with Gasteiger partial charge in [0.15, 0.2) is 11.6 Å². The first-order chi connectivity index (χ1) is 16.3. The monoisotopic (exact) mass is 478 g/mol. The zero-order chi connectivity index (χ0) is 24.1. The molecule has 34 heavy (non-hydrogen) atoms. The summed E-state index contributed by atoms with van der Waals surface area (Å²) in [5.74, 6) is -1.86. The average molecular weight is 479 g/mol. The first kappa shape index (κ1) is 21.3. The molecule has 0 saturated carbocycles. The quantitative estimate of drug-likeness (QED) is 0.458. The molecule has 0 unspecified atom stereocenters. The van der Waals surface area contributed by atoms with Crippen molar-refractivity contribution in [3.05, 3.63) is 80.9 Å². The Hall–Kier alpha value is -4.56. The van der Waals surface area contributed by atoms with Gasteiger partial charge in [0.05, 0.1) is 27.3 Å². The zero-order valence-corrected chi connectivity index (χ0v) is 17.9. The van der Waals surface area contributed by atoms with E-state index in [4.69, 9.17) is 23.1 Å². The number of nitrogens with zero attached hydrogens (tertiary/aromatic N) is 6. The predicted molar refractivity (Wildman–Crippen MR) is 123 cm³/mol. The van der Waals surface area contributed by atoms with Crippen molar-refractivity contribution in [2.24, 2.45) is 0 Å². The fourth-order valence-corrected chi connectivity index (χ4v) is 3.99. The van der Waals surface area contributed by atoms with E-state index in [9.17, 15) is 18.8 Å². The molecule has 12 heteroatoms. The molecule has 4 N–H and O–H groups in total. The van der Waals surface area contributed by atoms with Crippen LogP contribution < -0.4 is 21.9 Å². The molecule has 0 atom stereocenters. The van der Waals surface area contributed by atoms with E-state index in [0.29, 0.717) is 11.8 Å². The number of rotatable bonds is 3. The molecule has 3 heterocycles. The van der Waals surface area contributed by atoms with Crippen molar-refractivity contribution in [1.29, 1.82) is 5.26 Å². The van der Waals surface area contributed by atoms with Crippen LogP contribution in [0.2, 0.25) is 5.02 Å². The molecular weight excluding hydrogens is 466 g/mol. The summed E-state index contributed by atoms with van der Waals surface area (Å²) in [5, 5.41) is 9.77. The summed E-state index contributed by atoms with van der Waals surface area (Å²) in [6.07, 6.45) is 1.71. The van der Waals surface area contributed by atoms with Crippen molar-refractivity contribution in [3.63, 3.8) is 0 Å². The third-order valence-electron chi connectivity index (χ3n) is 5.24. The van der Waals surface area contributed by atoms with Gasteiger partial charge in [0.2, 0.25) is 5.95 Å². The molecule has 1 aliphatic heterocycles. The lowest BCUT2D eigenvalue weighted by Crippen LogP contribution is -2.36. The van der Waals surface area contributed by atoms with Gasteiger partial charge in [-0.3, -0.25) is 9.36 Å². The van der Waals surface area contributed by atoms with E-state index in [1.807, 2.05) is 6.07 Å². The SMILES string of the molecule is N#Cc1c(N)nc(N)nc1N1CC=C1c1nc2cccc(Cl)c2c(=O)n1-c1cc(F)cc(F)c1. The lowest BCUT2D eigenvalue weighted by molar-refractivity contribution is 0.581. The van der Waals surface area contributed by atoms with Gasteiger partial charge in [-0.25, -0.2) is 13.8 Å². The molecule has 1 aliphatic rings. The number of nitrogens with two attached hydrogens (primary N) is 2. The van der Waals surface area contributed by atoms with Crippen LogP contribution in [0.1, 0.15) is 11.4 Å².